The molecule has 0 unspecified atom stereocenters. The summed E-state index contributed by atoms with van der Waals surface area (Å²) in [4.78, 5) is 47.8. The third-order valence-electron chi connectivity index (χ3n) is 6.85. The Morgan fingerprint density at radius 2 is 1.83 bits per heavy atom. The monoisotopic (exact) mass is 495 g/mol. The minimum absolute atomic E-state index is 0.00844. The lowest BCUT2D eigenvalue weighted by Gasteiger charge is -2.34. The fraction of sp³-hybridized carbons (Fsp3) is 0.440. The van der Waals surface area contributed by atoms with Crippen molar-refractivity contribution in [3.63, 3.8) is 0 Å². The van der Waals surface area contributed by atoms with Crippen molar-refractivity contribution < 1.29 is 19.1 Å². The van der Waals surface area contributed by atoms with E-state index in [1.807, 2.05) is 35.2 Å². The summed E-state index contributed by atoms with van der Waals surface area (Å²) in [6, 6.07) is 7.24. The number of aromatic nitrogens is 2. The second-order valence-corrected chi connectivity index (χ2v) is 10.0. The molecule has 0 atom stereocenters. The fourth-order valence-electron chi connectivity index (χ4n) is 4.80. The van der Waals surface area contributed by atoms with E-state index in [2.05, 4.69) is 5.32 Å². The number of nitrogens with zero attached hydrogens (tertiary/aromatic N) is 4. The van der Waals surface area contributed by atoms with Crippen LogP contribution in [0.3, 0.4) is 0 Å². The first-order valence-electron chi connectivity index (χ1n) is 11.9. The maximum Gasteiger partial charge on any atom is 0.264 e. The molecule has 1 saturated carbocycles. The van der Waals surface area contributed by atoms with Gasteiger partial charge in [-0.1, -0.05) is 12.5 Å². The number of nitrogens with one attached hydrogen (secondary N) is 1. The predicted molar refractivity (Wildman–Crippen MR) is 134 cm³/mol. The first kappa shape index (κ1) is 23.5. The van der Waals surface area contributed by atoms with E-state index in [0.29, 0.717) is 53.7 Å². The molecule has 2 fully saturated rings. The number of aryl methyl sites for hydroxylation is 1. The largest absolute Gasteiger partial charge is 0.375 e. The topological polar surface area (TPSA) is 96.8 Å². The van der Waals surface area contributed by atoms with Gasteiger partial charge in [-0.2, -0.15) is 0 Å². The quantitative estimate of drug-likeness (QED) is 0.567. The third kappa shape index (κ3) is 4.55. The standard InChI is InChI=1S/C25H29N5O4S/c1-28-22-18(24(32)29-8-10-30(11-9-29)25(33)20-7-4-12-35-20)13-17(26-21(31)15-34-2)14-19(22)27-23(28)16-5-3-6-16/h4,7,12-14,16H,3,5-6,8-11,15H2,1-2H3,(H,26,31). The predicted octanol–water partition coefficient (Wildman–Crippen LogP) is 3.09. The highest BCUT2D eigenvalue weighted by molar-refractivity contribution is 7.12. The minimum atomic E-state index is -0.291. The van der Waals surface area contributed by atoms with Gasteiger partial charge in [-0.05, 0) is 36.4 Å². The first-order valence-corrected chi connectivity index (χ1v) is 12.8. The highest BCUT2D eigenvalue weighted by atomic mass is 32.1. The average molecular weight is 496 g/mol. The van der Waals surface area contributed by atoms with Crippen LogP contribution in [-0.4, -0.2) is 77.0 Å². The molecule has 184 valence electrons. The SMILES string of the molecule is COCC(=O)Nc1cc(C(=O)N2CCN(C(=O)c3cccs3)CC2)c2c(c1)nc(C1CCC1)n2C. The number of ether oxygens (including phenoxy) is 1. The van der Waals surface area contributed by atoms with Gasteiger partial charge in [-0.25, -0.2) is 4.98 Å². The van der Waals surface area contributed by atoms with Gasteiger partial charge in [0.1, 0.15) is 12.4 Å². The highest BCUT2D eigenvalue weighted by Gasteiger charge is 2.30. The van der Waals surface area contributed by atoms with Crippen LogP contribution in [0.4, 0.5) is 5.69 Å². The molecule has 35 heavy (non-hydrogen) atoms. The summed E-state index contributed by atoms with van der Waals surface area (Å²) in [5, 5.41) is 4.71. The van der Waals surface area contributed by atoms with Gasteiger partial charge >= 0.3 is 0 Å². The number of benzene rings is 1. The number of piperazine rings is 1. The summed E-state index contributed by atoms with van der Waals surface area (Å²) in [7, 11) is 3.42. The fourth-order valence-corrected chi connectivity index (χ4v) is 5.49. The van der Waals surface area contributed by atoms with Crippen molar-refractivity contribution in [1.29, 1.82) is 0 Å². The van der Waals surface area contributed by atoms with Crippen LogP contribution in [0.25, 0.3) is 11.0 Å². The van der Waals surface area contributed by atoms with Crippen LogP contribution in [0.5, 0.6) is 0 Å². The molecule has 9 nitrogen and oxygen atoms in total. The van der Waals surface area contributed by atoms with Crippen molar-refractivity contribution in [2.24, 2.45) is 7.05 Å². The smallest absolute Gasteiger partial charge is 0.264 e. The molecular formula is C25H29N5O4S. The number of thiophene rings is 1. The first-order chi connectivity index (χ1) is 17.0. The maximum atomic E-state index is 13.7. The zero-order chi connectivity index (χ0) is 24.5. The summed E-state index contributed by atoms with van der Waals surface area (Å²) in [6.45, 7) is 1.79. The summed E-state index contributed by atoms with van der Waals surface area (Å²) in [5.41, 5.74) is 2.50. The summed E-state index contributed by atoms with van der Waals surface area (Å²) in [5.74, 6) is 0.972. The van der Waals surface area contributed by atoms with Crippen LogP contribution in [0.15, 0.2) is 29.6 Å². The van der Waals surface area contributed by atoms with Crippen LogP contribution >= 0.6 is 11.3 Å². The Balaban J connectivity index is 1.42. The van der Waals surface area contributed by atoms with Gasteiger partial charge in [0.05, 0.1) is 21.5 Å². The van der Waals surface area contributed by atoms with E-state index >= 15 is 0 Å². The van der Waals surface area contributed by atoms with Crippen LogP contribution in [0.1, 0.15) is 51.0 Å². The molecule has 0 radical (unpaired) electrons. The van der Waals surface area contributed by atoms with E-state index in [4.69, 9.17) is 9.72 Å². The average Bonchev–Trinajstić information content (AvgIpc) is 3.46. The van der Waals surface area contributed by atoms with E-state index in [9.17, 15) is 14.4 Å². The number of anilines is 1. The number of rotatable bonds is 6. The molecule has 1 N–H and O–H groups in total. The molecular weight excluding hydrogens is 466 g/mol. The van der Waals surface area contributed by atoms with Crippen molar-refractivity contribution in [3.8, 4) is 0 Å². The Morgan fingerprint density at radius 3 is 2.43 bits per heavy atom. The number of methoxy groups -OCH3 is 1. The van der Waals surface area contributed by atoms with Crippen molar-refractivity contribution in [1.82, 2.24) is 19.4 Å². The molecule has 0 bridgehead atoms. The molecule has 1 aliphatic carbocycles. The highest BCUT2D eigenvalue weighted by Crippen LogP contribution is 2.38. The molecule has 3 aromatic rings. The van der Waals surface area contributed by atoms with Gasteiger partial charge in [0.15, 0.2) is 0 Å². The molecule has 3 heterocycles. The molecule has 10 heteroatoms. The lowest BCUT2D eigenvalue weighted by molar-refractivity contribution is -0.119. The van der Waals surface area contributed by atoms with E-state index < -0.39 is 0 Å². The van der Waals surface area contributed by atoms with Crippen molar-refractivity contribution in [2.45, 2.75) is 25.2 Å². The Hall–Kier alpha value is -3.24. The molecule has 1 aliphatic heterocycles. The Bertz CT molecular complexity index is 1260. The summed E-state index contributed by atoms with van der Waals surface area (Å²) < 4.78 is 6.96. The number of hydrogen-bond acceptors (Lipinski definition) is 6. The second kappa shape index (κ2) is 9.79. The van der Waals surface area contributed by atoms with Crippen LogP contribution in [-0.2, 0) is 16.6 Å². The van der Waals surface area contributed by atoms with Crippen molar-refractivity contribution in [2.75, 3.05) is 45.2 Å². The number of fused-ring (bicyclic) bond motifs is 1. The van der Waals surface area contributed by atoms with Gasteiger partial charge in [-0.3, -0.25) is 14.4 Å². The van der Waals surface area contributed by atoms with Crippen LogP contribution in [0.2, 0.25) is 0 Å². The van der Waals surface area contributed by atoms with Gasteiger partial charge in [-0.15, -0.1) is 11.3 Å². The number of amides is 3. The van der Waals surface area contributed by atoms with Crippen LogP contribution in [0, 0.1) is 0 Å². The molecule has 0 spiro atoms. The van der Waals surface area contributed by atoms with Gasteiger partial charge in [0.25, 0.3) is 11.8 Å². The van der Waals surface area contributed by atoms with Gasteiger partial charge in [0.2, 0.25) is 5.91 Å². The molecule has 5 rings (SSSR count). The molecule has 2 aliphatic rings. The van der Waals surface area contributed by atoms with E-state index in [1.54, 1.807) is 15.9 Å². The van der Waals surface area contributed by atoms with E-state index in [0.717, 1.165) is 24.2 Å². The van der Waals surface area contributed by atoms with Gasteiger partial charge in [0, 0.05) is 51.9 Å². The number of carbonyl (C=O) groups excluding carboxylic acids is 3. The lowest BCUT2D eigenvalue weighted by atomic mass is 9.85. The zero-order valence-corrected chi connectivity index (χ0v) is 20.8. The van der Waals surface area contributed by atoms with Crippen molar-refractivity contribution >= 4 is 45.8 Å². The van der Waals surface area contributed by atoms with E-state index in [1.165, 1.54) is 24.9 Å². The molecule has 1 aromatic carbocycles. The number of imidazole rings is 1. The zero-order valence-electron chi connectivity index (χ0n) is 20.0. The van der Waals surface area contributed by atoms with Gasteiger partial charge < -0.3 is 24.4 Å². The molecule has 3 amide bonds. The Labute approximate surface area is 207 Å². The van der Waals surface area contributed by atoms with Crippen LogP contribution < -0.4 is 5.32 Å². The number of hydrogen-bond donors (Lipinski definition) is 1. The van der Waals surface area contributed by atoms with E-state index in [-0.39, 0.29) is 24.3 Å². The normalized spacial score (nSPS) is 16.4. The minimum Gasteiger partial charge on any atom is -0.375 e. The second-order valence-electron chi connectivity index (χ2n) is 9.09. The number of carbonyl (C=O) groups is 3. The third-order valence-corrected chi connectivity index (χ3v) is 7.71. The lowest BCUT2D eigenvalue weighted by Crippen LogP contribution is -2.50. The molecule has 1 saturated heterocycles. The summed E-state index contributed by atoms with van der Waals surface area (Å²) in [6.07, 6.45) is 3.38. The van der Waals surface area contributed by atoms with Crippen molar-refractivity contribution in [3.05, 3.63) is 45.9 Å². The molecule has 2 aromatic heterocycles. The maximum absolute atomic E-state index is 13.7. The Morgan fingerprint density at radius 1 is 1.11 bits per heavy atom. The Kier molecular flexibility index (Phi) is 6.57. The summed E-state index contributed by atoms with van der Waals surface area (Å²) >= 11 is 1.43.